The van der Waals surface area contributed by atoms with E-state index in [1.165, 1.54) is 0 Å². The van der Waals surface area contributed by atoms with Crippen LogP contribution in [-0.4, -0.2) is 49.8 Å². The molecule has 0 bridgehead atoms. The summed E-state index contributed by atoms with van der Waals surface area (Å²) in [6.07, 6.45) is 0. The van der Waals surface area contributed by atoms with Gasteiger partial charge in [0.05, 0.1) is 13.2 Å². The van der Waals surface area contributed by atoms with Crippen LogP contribution in [0.25, 0.3) is 0 Å². The Labute approximate surface area is 81.4 Å². The molecular weight excluding hydrogens is 164 g/mol. The highest BCUT2D eigenvalue weighted by Gasteiger charge is 2.17. The predicted octanol–water partition coefficient (Wildman–Crippen LogP) is 0.705. The topological polar surface area (TPSA) is 24.5 Å². The van der Waals surface area contributed by atoms with Gasteiger partial charge in [-0.15, -0.1) is 0 Å². The Morgan fingerprint density at radius 3 is 2.77 bits per heavy atom. The molecule has 1 aliphatic heterocycles. The number of ether oxygens (including phenoxy) is 1. The summed E-state index contributed by atoms with van der Waals surface area (Å²) in [5.41, 5.74) is 0. The van der Waals surface area contributed by atoms with Gasteiger partial charge in [-0.2, -0.15) is 0 Å². The van der Waals surface area contributed by atoms with Gasteiger partial charge in [0, 0.05) is 25.2 Å². The molecule has 1 atom stereocenters. The first-order valence-electron chi connectivity index (χ1n) is 5.29. The smallest absolute Gasteiger partial charge is 0.0632 e. The summed E-state index contributed by atoms with van der Waals surface area (Å²) < 4.78 is 5.42. The maximum Gasteiger partial charge on any atom is 0.0632 e. The molecule has 0 radical (unpaired) electrons. The fourth-order valence-corrected chi connectivity index (χ4v) is 1.73. The SMILES string of the molecule is CCN(CC1COCCN1)C(C)C. The van der Waals surface area contributed by atoms with Gasteiger partial charge >= 0.3 is 0 Å². The first kappa shape index (κ1) is 11.0. The zero-order valence-electron chi connectivity index (χ0n) is 9.05. The quantitative estimate of drug-likeness (QED) is 0.699. The van der Waals surface area contributed by atoms with Crippen molar-refractivity contribution in [1.82, 2.24) is 10.2 Å². The summed E-state index contributed by atoms with van der Waals surface area (Å²) in [5, 5.41) is 3.47. The number of nitrogens with zero attached hydrogens (tertiary/aromatic N) is 1. The van der Waals surface area contributed by atoms with E-state index in [0.29, 0.717) is 12.1 Å². The fraction of sp³-hybridized carbons (Fsp3) is 1.00. The highest BCUT2D eigenvalue weighted by Crippen LogP contribution is 2.01. The molecule has 1 fully saturated rings. The van der Waals surface area contributed by atoms with E-state index in [0.717, 1.165) is 32.8 Å². The van der Waals surface area contributed by atoms with Crippen LogP contribution < -0.4 is 5.32 Å². The van der Waals surface area contributed by atoms with E-state index >= 15 is 0 Å². The van der Waals surface area contributed by atoms with Crippen molar-refractivity contribution in [2.75, 3.05) is 32.8 Å². The molecule has 1 aliphatic rings. The van der Waals surface area contributed by atoms with Crippen LogP contribution in [0.1, 0.15) is 20.8 Å². The van der Waals surface area contributed by atoms with Crippen molar-refractivity contribution in [2.45, 2.75) is 32.9 Å². The molecule has 0 amide bonds. The van der Waals surface area contributed by atoms with Gasteiger partial charge in [0.1, 0.15) is 0 Å². The van der Waals surface area contributed by atoms with Crippen LogP contribution in [0.3, 0.4) is 0 Å². The summed E-state index contributed by atoms with van der Waals surface area (Å²) in [6.45, 7) is 11.7. The van der Waals surface area contributed by atoms with Gasteiger partial charge in [0.15, 0.2) is 0 Å². The Bertz CT molecular complexity index is 133. The van der Waals surface area contributed by atoms with Gasteiger partial charge in [0.2, 0.25) is 0 Å². The Morgan fingerprint density at radius 2 is 2.31 bits per heavy atom. The van der Waals surface area contributed by atoms with Gasteiger partial charge in [0.25, 0.3) is 0 Å². The molecule has 1 saturated heterocycles. The monoisotopic (exact) mass is 186 g/mol. The third-order valence-electron chi connectivity index (χ3n) is 2.59. The van der Waals surface area contributed by atoms with Crippen molar-refractivity contribution >= 4 is 0 Å². The molecule has 0 aliphatic carbocycles. The van der Waals surface area contributed by atoms with Crippen molar-refractivity contribution in [3.05, 3.63) is 0 Å². The Kier molecular flexibility index (Phi) is 4.70. The standard InChI is InChI=1S/C10H22N2O/c1-4-12(9(2)3)7-10-8-13-6-5-11-10/h9-11H,4-8H2,1-3H3. The largest absolute Gasteiger partial charge is 0.378 e. The molecule has 1 unspecified atom stereocenters. The Morgan fingerprint density at radius 1 is 1.54 bits per heavy atom. The average Bonchev–Trinajstić information content (AvgIpc) is 2.15. The molecule has 1 N–H and O–H groups in total. The maximum atomic E-state index is 5.42. The molecule has 0 aromatic heterocycles. The third-order valence-corrected chi connectivity index (χ3v) is 2.59. The molecule has 1 heterocycles. The molecule has 0 spiro atoms. The second kappa shape index (κ2) is 5.58. The number of hydrogen-bond donors (Lipinski definition) is 1. The summed E-state index contributed by atoms with van der Waals surface area (Å²) in [6, 6.07) is 1.16. The second-order valence-corrected chi connectivity index (χ2v) is 3.91. The number of hydrogen-bond acceptors (Lipinski definition) is 3. The number of nitrogens with one attached hydrogen (secondary N) is 1. The summed E-state index contributed by atoms with van der Waals surface area (Å²) in [4.78, 5) is 2.46. The first-order chi connectivity index (χ1) is 6.24. The Balaban J connectivity index is 2.27. The lowest BCUT2D eigenvalue weighted by atomic mass is 10.2. The minimum Gasteiger partial charge on any atom is -0.378 e. The molecule has 0 aromatic carbocycles. The molecule has 3 nitrogen and oxygen atoms in total. The van der Waals surface area contributed by atoms with Gasteiger partial charge in [-0.05, 0) is 20.4 Å². The molecule has 1 rings (SSSR count). The van der Waals surface area contributed by atoms with Crippen LogP contribution in [0, 0.1) is 0 Å². The van der Waals surface area contributed by atoms with Gasteiger partial charge in [-0.1, -0.05) is 6.92 Å². The van der Waals surface area contributed by atoms with Crippen LogP contribution in [0.15, 0.2) is 0 Å². The van der Waals surface area contributed by atoms with Crippen molar-refractivity contribution in [1.29, 1.82) is 0 Å². The van der Waals surface area contributed by atoms with E-state index in [4.69, 9.17) is 4.74 Å². The van der Waals surface area contributed by atoms with Crippen LogP contribution in [0.5, 0.6) is 0 Å². The predicted molar refractivity (Wildman–Crippen MR) is 55.0 cm³/mol. The van der Waals surface area contributed by atoms with Crippen LogP contribution in [-0.2, 0) is 4.74 Å². The van der Waals surface area contributed by atoms with Crippen molar-refractivity contribution in [2.24, 2.45) is 0 Å². The van der Waals surface area contributed by atoms with E-state index in [1.807, 2.05) is 0 Å². The van der Waals surface area contributed by atoms with Crippen LogP contribution >= 0.6 is 0 Å². The lowest BCUT2D eigenvalue weighted by molar-refractivity contribution is 0.0579. The lowest BCUT2D eigenvalue weighted by Crippen LogP contribution is -2.49. The normalized spacial score (nSPS) is 24.2. The first-order valence-corrected chi connectivity index (χ1v) is 5.29. The van der Waals surface area contributed by atoms with Gasteiger partial charge < -0.3 is 10.1 Å². The van der Waals surface area contributed by atoms with Gasteiger partial charge in [-0.3, -0.25) is 4.90 Å². The van der Waals surface area contributed by atoms with E-state index < -0.39 is 0 Å². The zero-order valence-corrected chi connectivity index (χ0v) is 9.05. The summed E-state index contributed by atoms with van der Waals surface area (Å²) in [7, 11) is 0. The minimum absolute atomic E-state index is 0.524. The minimum atomic E-state index is 0.524. The fourth-order valence-electron chi connectivity index (χ4n) is 1.73. The highest BCUT2D eigenvalue weighted by atomic mass is 16.5. The Hall–Kier alpha value is -0.120. The molecule has 0 saturated carbocycles. The highest BCUT2D eigenvalue weighted by molar-refractivity contribution is 4.75. The molecular formula is C10H22N2O. The van der Waals surface area contributed by atoms with E-state index in [-0.39, 0.29) is 0 Å². The van der Waals surface area contributed by atoms with E-state index in [9.17, 15) is 0 Å². The second-order valence-electron chi connectivity index (χ2n) is 3.91. The number of likely N-dealkylation sites (N-methyl/N-ethyl adjacent to an activating group) is 1. The molecule has 78 valence electrons. The van der Waals surface area contributed by atoms with E-state index in [1.54, 1.807) is 0 Å². The molecule has 3 heteroatoms. The zero-order chi connectivity index (χ0) is 9.68. The third kappa shape index (κ3) is 3.63. The summed E-state index contributed by atoms with van der Waals surface area (Å²) in [5.74, 6) is 0. The average molecular weight is 186 g/mol. The number of morpholine rings is 1. The lowest BCUT2D eigenvalue weighted by Gasteiger charge is -2.32. The maximum absolute atomic E-state index is 5.42. The van der Waals surface area contributed by atoms with E-state index in [2.05, 4.69) is 31.0 Å². The van der Waals surface area contributed by atoms with Crippen molar-refractivity contribution in [3.63, 3.8) is 0 Å². The number of rotatable bonds is 4. The van der Waals surface area contributed by atoms with Crippen LogP contribution in [0.4, 0.5) is 0 Å². The van der Waals surface area contributed by atoms with Crippen molar-refractivity contribution in [3.8, 4) is 0 Å². The van der Waals surface area contributed by atoms with Gasteiger partial charge in [-0.25, -0.2) is 0 Å². The summed E-state index contributed by atoms with van der Waals surface area (Å²) >= 11 is 0. The molecule has 0 aromatic rings. The van der Waals surface area contributed by atoms with Crippen LogP contribution in [0.2, 0.25) is 0 Å². The molecule has 13 heavy (non-hydrogen) atoms. The van der Waals surface area contributed by atoms with Crippen molar-refractivity contribution < 1.29 is 4.74 Å².